The summed E-state index contributed by atoms with van der Waals surface area (Å²) < 4.78 is 0. The molecular weight excluding hydrogens is 210 g/mol. The Labute approximate surface area is 104 Å². The third-order valence-electron chi connectivity index (χ3n) is 3.31. The Balaban J connectivity index is 2.17. The minimum absolute atomic E-state index is 0.0438. The smallest absolute Gasteiger partial charge is 0.118 e. The quantitative estimate of drug-likeness (QED) is 0.843. The molecule has 0 spiro atoms. The summed E-state index contributed by atoms with van der Waals surface area (Å²) in [5.41, 5.74) is 8.63. The van der Waals surface area contributed by atoms with Gasteiger partial charge in [0.2, 0.25) is 0 Å². The summed E-state index contributed by atoms with van der Waals surface area (Å²) in [6, 6.07) is 5.94. The molecule has 0 unspecified atom stereocenters. The largest absolute Gasteiger partial charge is 0.508 e. The SMILES string of the molecule is CC(C)(C)Cc1ccc(O)c(CC2(N)CC2)c1. The molecule has 2 heteroatoms. The van der Waals surface area contributed by atoms with Crippen LogP contribution in [0.2, 0.25) is 0 Å². The zero-order valence-corrected chi connectivity index (χ0v) is 11.1. The van der Waals surface area contributed by atoms with Gasteiger partial charge >= 0.3 is 0 Å². The summed E-state index contributed by atoms with van der Waals surface area (Å²) in [5.74, 6) is 0.388. The van der Waals surface area contributed by atoms with E-state index >= 15 is 0 Å². The average molecular weight is 233 g/mol. The number of rotatable bonds is 3. The highest BCUT2D eigenvalue weighted by Crippen LogP contribution is 2.38. The van der Waals surface area contributed by atoms with Gasteiger partial charge in [-0.25, -0.2) is 0 Å². The Hall–Kier alpha value is -1.02. The molecule has 0 aliphatic heterocycles. The van der Waals surface area contributed by atoms with Gasteiger partial charge < -0.3 is 10.8 Å². The predicted molar refractivity (Wildman–Crippen MR) is 71.1 cm³/mol. The van der Waals surface area contributed by atoms with Gasteiger partial charge in [0, 0.05) is 5.54 Å². The minimum Gasteiger partial charge on any atom is -0.508 e. The Bertz CT molecular complexity index is 413. The molecule has 0 amide bonds. The van der Waals surface area contributed by atoms with Gasteiger partial charge in [-0.2, -0.15) is 0 Å². The Morgan fingerprint density at radius 3 is 2.47 bits per heavy atom. The lowest BCUT2D eigenvalue weighted by Gasteiger charge is -2.19. The molecule has 1 aliphatic carbocycles. The first-order valence-corrected chi connectivity index (χ1v) is 6.37. The normalized spacial score (nSPS) is 18.1. The summed E-state index contributed by atoms with van der Waals surface area (Å²) >= 11 is 0. The van der Waals surface area contributed by atoms with E-state index in [1.165, 1.54) is 5.56 Å². The molecule has 94 valence electrons. The standard InChI is InChI=1S/C15H23NO/c1-14(2,3)9-11-4-5-13(17)12(8-11)10-15(16)6-7-15/h4-5,8,17H,6-7,9-10,16H2,1-3H3. The molecule has 3 N–H and O–H groups in total. The fraction of sp³-hybridized carbons (Fsp3) is 0.600. The van der Waals surface area contributed by atoms with Gasteiger partial charge in [-0.05, 0) is 48.3 Å². The zero-order chi connectivity index (χ0) is 12.7. The molecule has 0 saturated heterocycles. The van der Waals surface area contributed by atoms with Crippen LogP contribution in [0.15, 0.2) is 18.2 Å². The van der Waals surface area contributed by atoms with E-state index in [9.17, 15) is 5.11 Å². The number of phenolic OH excluding ortho intramolecular Hbond substituents is 1. The molecule has 0 bridgehead atoms. The van der Waals surface area contributed by atoms with E-state index in [-0.39, 0.29) is 11.0 Å². The van der Waals surface area contributed by atoms with Crippen LogP contribution in [0, 0.1) is 5.41 Å². The number of hydrogen-bond donors (Lipinski definition) is 2. The van der Waals surface area contributed by atoms with Crippen molar-refractivity contribution in [3.63, 3.8) is 0 Å². The number of phenols is 1. The fourth-order valence-electron chi connectivity index (χ4n) is 2.22. The predicted octanol–water partition coefficient (Wildman–Crippen LogP) is 3.01. The van der Waals surface area contributed by atoms with Gasteiger partial charge in [0.25, 0.3) is 0 Å². The van der Waals surface area contributed by atoms with E-state index in [0.717, 1.165) is 31.2 Å². The van der Waals surface area contributed by atoms with Crippen LogP contribution in [0.3, 0.4) is 0 Å². The van der Waals surface area contributed by atoms with Crippen molar-refractivity contribution in [3.05, 3.63) is 29.3 Å². The van der Waals surface area contributed by atoms with Crippen LogP contribution in [0.5, 0.6) is 5.75 Å². The third kappa shape index (κ3) is 3.47. The van der Waals surface area contributed by atoms with Crippen LogP contribution in [-0.4, -0.2) is 10.6 Å². The van der Waals surface area contributed by atoms with Crippen LogP contribution < -0.4 is 5.73 Å². The van der Waals surface area contributed by atoms with E-state index < -0.39 is 0 Å². The van der Waals surface area contributed by atoms with E-state index in [2.05, 4.69) is 26.8 Å². The van der Waals surface area contributed by atoms with E-state index in [0.29, 0.717) is 5.75 Å². The molecule has 1 fully saturated rings. The van der Waals surface area contributed by atoms with Crippen LogP contribution >= 0.6 is 0 Å². The first-order chi connectivity index (χ1) is 7.77. The topological polar surface area (TPSA) is 46.2 Å². The highest BCUT2D eigenvalue weighted by Gasteiger charge is 2.38. The summed E-state index contributed by atoms with van der Waals surface area (Å²) in [5, 5.41) is 9.87. The first-order valence-electron chi connectivity index (χ1n) is 6.37. The molecular formula is C15H23NO. The van der Waals surface area contributed by atoms with Gasteiger partial charge in [0.1, 0.15) is 5.75 Å². The van der Waals surface area contributed by atoms with Gasteiger partial charge in [0.05, 0.1) is 0 Å². The van der Waals surface area contributed by atoms with Crippen molar-refractivity contribution >= 4 is 0 Å². The Kier molecular flexibility index (Phi) is 2.94. The van der Waals surface area contributed by atoms with Gasteiger partial charge in [-0.3, -0.25) is 0 Å². The van der Waals surface area contributed by atoms with Crippen molar-refractivity contribution in [1.82, 2.24) is 0 Å². The maximum absolute atomic E-state index is 9.87. The molecule has 0 radical (unpaired) electrons. The molecule has 1 aromatic rings. The average Bonchev–Trinajstić information content (AvgIpc) is 2.87. The third-order valence-corrected chi connectivity index (χ3v) is 3.31. The monoisotopic (exact) mass is 233 g/mol. The van der Waals surface area contributed by atoms with Crippen molar-refractivity contribution in [1.29, 1.82) is 0 Å². The van der Waals surface area contributed by atoms with Crippen molar-refractivity contribution < 1.29 is 5.11 Å². The highest BCUT2D eigenvalue weighted by molar-refractivity contribution is 5.38. The van der Waals surface area contributed by atoms with Crippen LogP contribution in [0.25, 0.3) is 0 Å². The molecule has 0 atom stereocenters. The molecule has 2 nitrogen and oxygen atoms in total. The first kappa shape index (κ1) is 12.4. The number of aromatic hydroxyl groups is 1. The number of hydrogen-bond acceptors (Lipinski definition) is 2. The molecule has 0 heterocycles. The second kappa shape index (κ2) is 4.02. The minimum atomic E-state index is -0.0438. The van der Waals surface area contributed by atoms with Crippen LogP contribution in [0.4, 0.5) is 0 Å². The molecule has 1 saturated carbocycles. The fourth-order valence-corrected chi connectivity index (χ4v) is 2.22. The second-order valence-corrected chi connectivity index (χ2v) is 6.74. The molecule has 1 aromatic carbocycles. The van der Waals surface area contributed by atoms with Crippen molar-refractivity contribution in [2.24, 2.45) is 11.1 Å². The van der Waals surface area contributed by atoms with E-state index in [1.807, 2.05) is 12.1 Å². The highest BCUT2D eigenvalue weighted by atomic mass is 16.3. The Morgan fingerprint density at radius 2 is 1.94 bits per heavy atom. The maximum Gasteiger partial charge on any atom is 0.118 e. The lowest BCUT2D eigenvalue weighted by atomic mass is 9.87. The summed E-state index contributed by atoms with van der Waals surface area (Å²) in [6.45, 7) is 6.68. The lowest BCUT2D eigenvalue weighted by Crippen LogP contribution is -2.24. The summed E-state index contributed by atoms with van der Waals surface area (Å²) in [7, 11) is 0. The van der Waals surface area contributed by atoms with E-state index in [1.54, 1.807) is 0 Å². The van der Waals surface area contributed by atoms with Gasteiger partial charge in [0.15, 0.2) is 0 Å². The number of nitrogens with two attached hydrogens (primary N) is 1. The summed E-state index contributed by atoms with van der Waals surface area (Å²) in [4.78, 5) is 0. The zero-order valence-electron chi connectivity index (χ0n) is 11.1. The van der Waals surface area contributed by atoms with Crippen molar-refractivity contribution in [2.45, 2.75) is 52.0 Å². The second-order valence-electron chi connectivity index (χ2n) is 6.74. The molecule has 2 rings (SSSR count). The van der Waals surface area contributed by atoms with E-state index in [4.69, 9.17) is 5.73 Å². The van der Waals surface area contributed by atoms with Gasteiger partial charge in [-0.15, -0.1) is 0 Å². The maximum atomic E-state index is 9.87. The van der Waals surface area contributed by atoms with Crippen molar-refractivity contribution in [2.75, 3.05) is 0 Å². The molecule has 1 aliphatic rings. The summed E-state index contributed by atoms with van der Waals surface area (Å²) in [6.07, 6.45) is 3.99. The molecule has 0 aromatic heterocycles. The number of benzene rings is 1. The Morgan fingerprint density at radius 1 is 1.29 bits per heavy atom. The van der Waals surface area contributed by atoms with Crippen LogP contribution in [0.1, 0.15) is 44.7 Å². The van der Waals surface area contributed by atoms with Gasteiger partial charge in [-0.1, -0.05) is 32.9 Å². The van der Waals surface area contributed by atoms with Crippen LogP contribution in [-0.2, 0) is 12.8 Å². The molecule has 17 heavy (non-hydrogen) atoms. The lowest BCUT2D eigenvalue weighted by molar-refractivity contribution is 0.410. The van der Waals surface area contributed by atoms with Crippen molar-refractivity contribution in [3.8, 4) is 5.75 Å².